The highest BCUT2D eigenvalue weighted by molar-refractivity contribution is 6.16. The van der Waals surface area contributed by atoms with Crippen LogP contribution in [0.3, 0.4) is 0 Å². The van der Waals surface area contributed by atoms with Crippen molar-refractivity contribution in [3.05, 3.63) is 76.9 Å². The van der Waals surface area contributed by atoms with Crippen molar-refractivity contribution in [1.29, 1.82) is 0 Å². The second-order valence-corrected chi connectivity index (χ2v) is 7.88. The number of fused-ring (bicyclic) bond motifs is 4. The number of hydrogen-bond donors (Lipinski definition) is 0. The van der Waals surface area contributed by atoms with E-state index in [1.54, 1.807) is 0 Å². The average molecular weight is 331 g/mol. The summed E-state index contributed by atoms with van der Waals surface area (Å²) < 4.78 is 0. The third-order valence-electron chi connectivity index (χ3n) is 6.52. The quantitative estimate of drug-likeness (QED) is 0.255. The van der Waals surface area contributed by atoms with E-state index < -0.39 is 0 Å². The van der Waals surface area contributed by atoms with E-state index in [2.05, 4.69) is 54.6 Å². The molecule has 0 unspecified atom stereocenters. The molecule has 0 aliphatic heterocycles. The Kier molecular flexibility index (Phi) is 2.26. The van der Waals surface area contributed by atoms with Gasteiger partial charge in [-0.25, -0.2) is 4.98 Å². The van der Waals surface area contributed by atoms with Crippen LogP contribution in [-0.4, -0.2) is 4.98 Å². The molecule has 26 heavy (non-hydrogen) atoms. The van der Waals surface area contributed by atoms with Gasteiger partial charge in [-0.1, -0.05) is 36.4 Å². The van der Waals surface area contributed by atoms with Gasteiger partial charge in [0.05, 0.1) is 11.0 Å². The molecule has 5 aromatic rings. The lowest BCUT2D eigenvalue weighted by Crippen LogP contribution is -1.90. The van der Waals surface area contributed by atoms with Crippen molar-refractivity contribution in [2.45, 2.75) is 25.7 Å². The molecular weight excluding hydrogens is 314 g/mol. The fourth-order valence-corrected chi connectivity index (χ4v) is 5.42. The summed E-state index contributed by atoms with van der Waals surface area (Å²) >= 11 is 0. The predicted molar refractivity (Wildman–Crippen MR) is 109 cm³/mol. The molecule has 2 aliphatic rings. The van der Waals surface area contributed by atoms with Gasteiger partial charge in [-0.05, 0) is 76.9 Å². The van der Waals surface area contributed by atoms with Crippen LogP contribution >= 0.6 is 0 Å². The van der Waals surface area contributed by atoms with Crippen molar-refractivity contribution in [2.75, 3.05) is 0 Å². The van der Waals surface area contributed by atoms with Gasteiger partial charge in [-0.3, -0.25) is 0 Å². The van der Waals surface area contributed by atoms with Gasteiger partial charge in [0.1, 0.15) is 0 Å². The van der Waals surface area contributed by atoms with Gasteiger partial charge in [0.25, 0.3) is 0 Å². The number of aromatic nitrogens is 1. The van der Waals surface area contributed by atoms with Gasteiger partial charge in [0.15, 0.2) is 0 Å². The molecular formula is C25H17N. The topological polar surface area (TPSA) is 12.9 Å². The first-order chi connectivity index (χ1) is 12.9. The highest BCUT2D eigenvalue weighted by Gasteiger charge is 2.20. The third kappa shape index (κ3) is 1.51. The summed E-state index contributed by atoms with van der Waals surface area (Å²) in [7, 11) is 0. The van der Waals surface area contributed by atoms with E-state index in [4.69, 9.17) is 4.98 Å². The molecule has 0 bridgehead atoms. The Morgan fingerprint density at radius 1 is 0.538 bits per heavy atom. The minimum Gasteiger partial charge on any atom is -0.246 e. The van der Waals surface area contributed by atoms with Crippen molar-refractivity contribution in [1.82, 2.24) is 4.98 Å². The first-order valence-electron chi connectivity index (χ1n) is 9.58. The maximum Gasteiger partial charge on any atom is 0.0788 e. The van der Waals surface area contributed by atoms with Crippen LogP contribution in [0.1, 0.15) is 22.3 Å². The Morgan fingerprint density at radius 2 is 1.04 bits per heavy atom. The predicted octanol–water partition coefficient (Wildman–Crippen LogP) is 5.89. The van der Waals surface area contributed by atoms with Crippen molar-refractivity contribution in [3.8, 4) is 0 Å². The minimum atomic E-state index is 1.16. The smallest absolute Gasteiger partial charge is 0.0788 e. The zero-order chi connectivity index (χ0) is 16.8. The van der Waals surface area contributed by atoms with Gasteiger partial charge in [0.2, 0.25) is 0 Å². The zero-order valence-corrected chi connectivity index (χ0v) is 14.5. The van der Waals surface area contributed by atoms with Crippen LogP contribution in [0.2, 0.25) is 0 Å². The summed E-state index contributed by atoms with van der Waals surface area (Å²) in [6.45, 7) is 0. The molecule has 0 N–H and O–H groups in total. The van der Waals surface area contributed by atoms with Gasteiger partial charge >= 0.3 is 0 Å². The fraction of sp³-hybridized carbons (Fsp3) is 0.160. The Morgan fingerprint density at radius 3 is 1.58 bits per heavy atom. The Bertz CT molecular complexity index is 1320. The highest BCUT2D eigenvalue weighted by Crippen LogP contribution is 2.39. The van der Waals surface area contributed by atoms with E-state index in [1.165, 1.54) is 78.4 Å². The molecule has 7 rings (SSSR count). The van der Waals surface area contributed by atoms with Crippen molar-refractivity contribution in [2.24, 2.45) is 0 Å². The van der Waals surface area contributed by atoms with Crippen LogP contribution in [0.25, 0.3) is 43.4 Å². The molecule has 0 saturated carbocycles. The lowest BCUT2D eigenvalue weighted by molar-refractivity contribution is 1.02. The number of benzene rings is 4. The molecule has 0 saturated heterocycles. The lowest BCUT2D eigenvalue weighted by Gasteiger charge is -2.11. The Labute approximate surface area is 151 Å². The van der Waals surface area contributed by atoms with Crippen molar-refractivity contribution in [3.63, 3.8) is 0 Å². The standard InChI is InChI=1S/C25H17N/c1-3-14-7-9-16-11-18-13-19-12-17-10-8-15-4-2-6-21(23(15)17)25(19)26-24(18)20(5-1)22(14)16/h1-6,11-13H,7-10H2. The van der Waals surface area contributed by atoms with Gasteiger partial charge in [-0.2, -0.15) is 0 Å². The van der Waals surface area contributed by atoms with E-state index in [9.17, 15) is 0 Å². The molecule has 0 amide bonds. The molecule has 1 heterocycles. The first kappa shape index (κ1) is 13.3. The average Bonchev–Trinajstić information content (AvgIpc) is 3.27. The summed E-state index contributed by atoms with van der Waals surface area (Å²) in [5.74, 6) is 0. The largest absolute Gasteiger partial charge is 0.246 e. The number of rotatable bonds is 0. The number of aryl methyl sites for hydroxylation is 4. The van der Waals surface area contributed by atoms with Crippen LogP contribution in [0, 0.1) is 0 Å². The first-order valence-corrected chi connectivity index (χ1v) is 9.58. The minimum absolute atomic E-state index is 1.16. The summed E-state index contributed by atoms with van der Waals surface area (Å²) in [6.07, 6.45) is 4.66. The van der Waals surface area contributed by atoms with Crippen LogP contribution in [0.5, 0.6) is 0 Å². The molecule has 0 radical (unpaired) electrons. The summed E-state index contributed by atoms with van der Waals surface area (Å²) in [6, 6.07) is 20.6. The molecule has 0 atom stereocenters. The summed E-state index contributed by atoms with van der Waals surface area (Å²) in [5.41, 5.74) is 8.30. The van der Waals surface area contributed by atoms with Gasteiger partial charge in [0, 0.05) is 21.5 Å². The molecule has 122 valence electrons. The molecule has 4 aromatic carbocycles. The number of nitrogens with zero attached hydrogens (tertiary/aromatic N) is 1. The van der Waals surface area contributed by atoms with E-state index >= 15 is 0 Å². The summed E-state index contributed by atoms with van der Waals surface area (Å²) in [5, 5.41) is 8.16. The lowest BCUT2D eigenvalue weighted by atomic mass is 9.97. The Balaban J connectivity index is 1.74. The van der Waals surface area contributed by atoms with E-state index in [-0.39, 0.29) is 0 Å². The van der Waals surface area contributed by atoms with Crippen LogP contribution in [0.4, 0.5) is 0 Å². The fourth-order valence-electron chi connectivity index (χ4n) is 5.42. The van der Waals surface area contributed by atoms with Crippen LogP contribution in [-0.2, 0) is 25.7 Å². The molecule has 1 nitrogen and oxygen atoms in total. The second-order valence-electron chi connectivity index (χ2n) is 7.88. The second kappa shape index (κ2) is 4.42. The molecule has 0 fully saturated rings. The highest BCUT2D eigenvalue weighted by atomic mass is 14.7. The number of pyridine rings is 1. The van der Waals surface area contributed by atoms with E-state index in [0.717, 1.165) is 12.8 Å². The van der Waals surface area contributed by atoms with E-state index in [0.29, 0.717) is 0 Å². The summed E-state index contributed by atoms with van der Waals surface area (Å²) in [4.78, 5) is 5.25. The van der Waals surface area contributed by atoms with Crippen LogP contribution in [0.15, 0.2) is 54.6 Å². The van der Waals surface area contributed by atoms with Crippen molar-refractivity contribution >= 4 is 43.4 Å². The maximum atomic E-state index is 5.25. The van der Waals surface area contributed by atoms with E-state index in [1.807, 2.05) is 0 Å². The monoisotopic (exact) mass is 331 g/mol. The van der Waals surface area contributed by atoms with Gasteiger partial charge < -0.3 is 0 Å². The normalized spacial score (nSPS) is 15.1. The van der Waals surface area contributed by atoms with Gasteiger partial charge in [-0.15, -0.1) is 0 Å². The van der Waals surface area contributed by atoms with Crippen molar-refractivity contribution < 1.29 is 0 Å². The third-order valence-corrected chi connectivity index (χ3v) is 6.52. The number of hydrogen-bond acceptors (Lipinski definition) is 1. The molecule has 1 aromatic heterocycles. The molecule has 0 spiro atoms. The maximum absolute atomic E-state index is 5.25. The van der Waals surface area contributed by atoms with Crippen LogP contribution < -0.4 is 0 Å². The Hall–Kier alpha value is -2.93. The zero-order valence-electron chi connectivity index (χ0n) is 14.5. The molecule has 1 heteroatoms. The molecule has 2 aliphatic carbocycles. The SMILES string of the molecule is c1cc2c3c(cc4cc5cc6c7c(cccc7c5nc4c3c1)CC6)CC2.